The van der Waals surface area contributed by atoms with E-state index in [9.17, 15) is 9.59 Å². The topological polar surface area (TPSA) is 95.6 Å². The predicted octanol–water partition coefficient (Wildman–Crippen LogP) is 3.25. The van der Waals surface area contributed by atoms with E-state index in [-0.39, 0.29) is 23.9 Å². The number of ether oxygens (including phenoxy) is 1. The van der Waals surface area contributed by atoms with Crippen LogP contribution in [0.25, 0.3) is 0 Å². The lowest BCUT2D eigenvalue weighted by molar-refractivity contribution is -0.122. The molecular formula is C24H30ClN5O3. The van der Waals surface area contributed by atoms with Crippen molar-refractivity contribution in [1.29, 1.82) is 0 Å². The number of urea groups is 1. The summed E-state index contributed by atoms with van der Waals surface area (Å²) in [4.78, 5) is 31.8. The molecule has 2 heterocycles. The second-order valence-electron chi connectivity index (χ2n) is 8.71. The molecule has 1 aliphatic heterocycles. The maximum atomic E-state index is 12.7. The molecule has 2 fully saturated rings. The molecule has 2 atom stereocenters. The molecule has 3 N–H and O–H groups in total. The van der Waals surface area contributed by atoms with Crippen LogP contribution in [0.4, 0.5) is 10.5 Å². The van der Waals surface area contributed by atoms with Gasteiger partial charge < -0.3 is 20.7 Å². The highest BCUT2D eigenvalue weighted by Crippen LogP contribution is 2.28. The molecule has 0 bridgehead atoms. The number of methoxy groups -OCH3 is 1. The zero-order valence-electron chi connectivity index (χ0n) is 18.7. The predicted molar refractivity (Wildman–Crippen MR) is 128 cm³/mol. The second kappa shape index (κ2) is 10.9. The summed E-state index contributed by atoms with van der Waals surface area (Å²) in [6, 6.07) is 10.4. The van der Waals surface area contributed by atoms with Gasteiger partial charge in [0.15, 0.2) is 0 Å². The number of rotatable bonds is 8. The zero-order chi connectivity index (χ0) is 23.2. The van der Waals surface area contributed by atoms with Gasteiger partial charge in [0.05, 0.1) is 19.9 Å². The van der Waals surface area contributed by atoms with Gasteiger partial charge in [-0.3, -0.25) is 14.7 Å². The highest BCUT2D eigenvalue weighted by Gasteiger charge is 2.33. The summed E-state index contributed by atoms with van der Waals surface area (Å²) in [5.74, 6) is 1.32. The number of pyridine rings is 1. The number of anilines is 1. The van der Waals surface area contributed by atoms with Gasteiger partial charge in [0, 0.05) is 48.0 Å². The summed E-state index contributed by atoms with van der Waals surface area (Å²) in [6.07, 6.45) is 4.81. The van der Waals surface area contributed by atoms with Gasteiger partial charge in [0.25, 0.3) is 0 Å². The van der Waals surface area contributed by atoms with Crippen molar-refractivity contribution in [1.82, 2.24) is 20.5 Å². The Morgan fingerprint density at radius 3 is 2.61 bits per heavy atom. The Hall–Kier alpha value is -2.84. The van der Waals surface area contributed by atoms with Gasteiger partial charge in [-0.1, -0.05) is 11.6 Å². The monoisotopic (exact) mass is 471 g/mol. The summed E-state index contributed by atoms with van der Waals surface area (Å²) in [5.41, 5.74) is 1.52. The summed E-state index contributed by atoms with van der Waals surface area (Å²) in [5, 5.41) is 9.60. The van der Waals surface area contributed by atoms with Gasteiger partial charge in [-0.2, -0.15) is 0 Å². The molecule has 1 saturated heterocycles. The minimum Gasteiger partial charge on any atom is -0.495 e. The van der Waals surface area contributed by atoms with Crippen molar-refractivity contribution in [2.45, 2.75) is 31.2 Å². The van der Waals surface area contributed by atoms with Crippen LogP contribution in [0.5, 0.6) is 5.75 Å². The average Bonchev–Trinajstić information content (AvgIpc) is 3.65. The van der Waals surface area contributed by atoms with Crippen molar-refractivity contribution in [3.05, 3.63) is 53.3 Å². The fraction of sp³-hybridized carbons (Fsp3) is 0.458. The first-order valence-electron chi connectivity index (χ1n) is 11.3. The van der Waals surface area contributed by atoms with E-state index < -0.39 is 0 Å². The van der Waals surface area contributed by atoms with Crippen LogP contribution in [0.3, 0.4) is 0 Å². The number of aromatic nitrogens is 1. The van der Waals surface area contributed by atoms with E-state index in [1.54, 1.807) is 37.6 Å². The number of nitrogens with zero attached hydrogens (tertiary/aromatic N) is 2. The smallest absolute Gasteiger partial charge is 0.319 e. The molecule has 1 aromatic heterocycles. The van der Waals surface area contributed by atoms with Crippen molar-refractivity contribution in [3.8, 4) is 5.75 Å². The fourth-order valence-corrected chi connectivity index (χ4v) is 4.20. The number of amides is 3. The highest BCUT2D eigenvalue weighted by atomic mass is 35.5. The van der Waals surface area contributed by atoms with E-state index in [1.807, 2.05) is 12.1 Å². The van der Waals surface area contributed by atoms with Crippen LogP contribution in [0.2, 0.25) is 5.02 Å². The van der Waals surface area contributed by atoms with E-state index in [2.05, 4.69) is 25.8 Å². The summed E-state index contributed by atoms with van der Waals surface area (Å²) < 4.78 is 5.23. The summed E-state index contributed by atoms with van der Waals surface area (Å²) >= 11 is 5.92. The highest BCUT2D eigenvalue weighted by molar-refractivity contribution is 6.30. The van der Waals surface area contributed by atoms with Gasteiger partial charge >= 0.3 is 6.03 Å². The molecular weight excluding hydrogens is 442 g/mol. The Labute approximate surface area is 199 Å². The van der Waals surface area contributed by atoms with Gasteiger partial charge in [-0.25, -0.2) is 4.79 Å². The third kappa shape index (κ3) is 6.82. The lowest BCUT2D eigenvalue weighted by Gasteiger charge is -2.38. The molecule has 176 valence electrons. The molecule has 33 heavy (non-hydrogen) atoms. The van der Waals surface area contributed by atoms with Gasteiger partial charge in [0.1, 0.15) is 5.75 Å². The Bertz CT molecular complexity index is 950. The number of hydrogen-bond acceptors (Lipinski definition) is 5. The van der Waals surface area contributed by atoms with Gasteiger partial charge in [-0.15, -0.1) is 0 Å². The van der Waals surface area contributed by atoms with Crippen molar-refractivity contribution < 1.29 is 14.3 Å². The molecule has 1 aliphatic carbocycles. The third-order valence-electron chi connectivity index (χ3n) is 6.14. The first-order valence-corrected chi connectivity index (χ1v) is 11.7. The zero-order valence-corrected chi connectivity index (χ0v) is 19.5. The minimum absolute atomic E-state index is 0.0511. The number of nitrogens with one attached hydrogen (secondary N) is 3. The molecule has 0 unspecified atom stereocenters. The number of carbonyl (C=O) groups excluding carboxylic acids is 2. The van der Waals surface area contributed by atoms with Gasteiger partial charge in [0.2, 0.25) is 5.91 Å². The van der Waals surface area contributed by atoms with E-state index in [0.717, 1.165) is 18.8 Å². The number of likely N-dealkylation sites (tertiary alicyclic amines) is 1. The lowest BCUT2D eigenvalue weighted by atomic mass is 9.88. The van der Waals surface area contributed by atoms with E-state index in [4.69, 9.17) is 16.3 Å². The number of hydrogen-bond donors (Lipinski definition) is 3. The van der Waals surface area contributed by atoms with E-state index >= 15 is 0 Å². The van der Waals surface area contributed by atoms with Crippen LogP contribution in [0.15, 0.2) is 42.6 Å². The lowest BCUT2D eigenvalue weighted by Crippen LogP contribution is -2.52. The molecule has 1 aromatic carbocycles. The molecule has 0 radical (unpaired) electrons. The average molecular weight is 472 g/mol. The molecule has 1 saturated carbocycles. The van der Waals surface area contributed by atoms with Crippen molar-refractivity contribution in [2.24, 2.45) is 5.92 Å². The molecule has 2 aromatic rings. The van der Waals surface area contributed by atoms with Gasteiger partial charge in [-0.05, 0) is 61.6 Å². The molecule has 4 rings (SSSR count). The van der Waals surface area contributed by atoms with E-state index in [0.29, 0.717) is 41.9 Å². The van der Waals surface area contributed by atoms with Crippen molar-refractivity contribution in [2.75, 3.05) is 38.6 Å². The van der Waals surface area contributed by atoms with E-state index in [1.165, 1.54) is 12.8 Å². The Kier molecular flexibility index (Phi) is 7.67. The van der Waals surface area contributed by atoms with Crippen LogP contribution in [-0.2, 0) is 4.79 Å². The molecule has 0 spiro atoms. The van der Waals surface area contributed by atoms with Crippen LogP contribution in [0, 0.1) is 5.92 Å². The Morgan fingerprint density at radius 1 is 1.15 bits per heavy atom. The number of piperidine rings is 1. The van der Waals surface area contributed by atoms with Crippen molar-refractivity contribution in [3.63, 3.8) is 0 Å². The minimum atomic E-state index is -0.281. The summed E-state index contributed by atoms with van der Waals surface area (Å²) in [7, 11) is 1.60. The maximum absolute atomic E-state index is 12.7. The molecule has 9 heteroatoms. The van der Waals surface area contributed by atoms with Crippen molar-refractivity contribution >= 4 is 29.2 Å². The molecule has 2 aliphatic rings. The van der Waals surface area contributed by atoms with Crippen LogP contribution in [-0.4, -0.2) is 61.2 Å². The molecule has 8 nitrogen and oxygen atoms in total. The number of halogens is 1. The number of carbonyl (C=O) groups is 2. The van der Waals surface area contributed by atoms with Crippen LogP contribution >= 0.6 is 11.6 Å². The quantitative estimate of drug-likeness (QED) is 0.549. The second-order valence-corrected chi connectivity index (χ2v) is 9.15. The normalized spacial score (nSPS) is 20.7. The first-order chi connectivity index (χ1) is 16.0. The van der Waals surface area contributed by atoms with Crippen LogP contribution in [0.1, 0.15) is 30.9 Å². The maximum Gasteiger partial charge on any atom is 0.319 e. The first kappa shape index (κ1) is 23.3. The van der Waals surface area contributed by atoms with Crippen LogP contribution < -0.4 is 20.7 Å². The summed E-state index contributed by atoms with van der Waals surface area (Å²) in [6.45, 7) is 2.46. The standard InChI is InChI=1S/C24H30ClN5O3/c1-33-19-8-9-21(26-13-19)20-14-30(15-23(31)27-12-16-2-3-16)11-10-22(20)29-24(32)28-18-6-4-17(25)5-7-18/h4-9,13,16,20,22H,2-3,10-12,14-15H2,1H3,(H,27,31)(H2,28,29,32)/t20-,22+/m0/s1. The fourth-order valence-electron chi connectivity index (χ4n) is 4.08. The number of benzene rings is 1. The Morgan fingerprint density at radius 2 is 1.94 bits per heavy atom. The largest absolute Gasteiger partial charge is 0.495 e. The third-order valence-corrected chi connectivity index (χ3v) is 6.39. The Balaban J connectivity index is 1.40. The SMILES string of the molecule is COc1ccc([C@@H]2CN(CC(=O)NCC3CC3)CC[C@H]2NC(=O)Nc2ccc(Cl)cc2)nc1. The molecule has 3 amide bonds.